The predicted molar refractivity (Wildman–Crippen MR) is 135 cm³/mol. The summed E-state index contributed by atoms with van der Waals surface area (Å²) >= 11 is 0. The zero-order valence-corrected chi connectivity index (χ0v) is 21.3. The highest BCUT2D eigenvalue weighted by molar-refractivity contribution is 5.86. The SMILES string of the molecule is COc1cc(C)c(O)c(C/C=C(\C)CC(O)/C=C(\C)CCCC(C)C(=O)C(O)C=C(C)C)c1. The molecule has 0 heterocycles. The molecule has 0 bridgehead atoms. The number of aryl methyl sites for hydroxylation is 1. The third-order valence-corrected chi connectivity index (χ3v) is 5.74. The van der Waals surface area contributed by atoms with Gasteiger partial charge in [0.25, 0.3) is 0 Å². The van der Waals surface area contributed by atoms with Crippen molar-refractivity contribution in [3.63, 3.8) is 0 Å². The molecule has 0 saturated carbocycles. The quantitative estimate of drug-likeness (QED) is 0.335. The van der Waals surface area contributed by atoms with Gasteiger partial charge in [-0.3, -0.25) is 4.79 Å². The van der Waals surface area contributed by atoms with Crippen molar-refractivity contribution in [3.8, 4) is 11.5 Å². The number of ether oxygens (including phenoxy) is 1. The lowest BCUT2D eigenvalue weighted by atomic mass is 9.93. The fourth-order valence-electron chi connectivity index (χ4n) is 3.78. The van der Waals surface area contributed by atoms with Crippen molar-refractivity contribution in [1.82, 2.24) is 0 Å². The summed E-state index contributed by atoms with van der Waals surface area (Å²) in [4.78, 5) is 12.2. The van der Waals surface area contributed by atoms with E-state index in [1.165, 1.54) is 0 Å². The maximum Gasteiger partial charge on any atom is 0.167 e. The third-order valence-electron chi connectivity index (χ3n) is 5.74. The molecule has 1 aromatic carbocycles. The summed E-state index contributed by atoms with van der Waals surface area (Å²) in [5.41, 5.74) is 4.62. The molecule has 184 valence electrons. The molecule has 5 heteroatoms. The number of aliphatic hydroxyl groups excluding tert-OH is 2. The summed E-state index contributed by atoms with van der Waals surface area (Å²) in [6, 6.07) is 3.63. The first-order valence-electron chi connectivity index (χ1n) is 11.7. The number of allylic oxidation sites excluding steroid dienone is 3. The van der Waals surface area contributed by atoms with Crippen LogP contribution >= 0.6 is 0 Å². The standard InChI is InChI=1S/C28H42O5/c1-18(2)13-26(30)28(32)21(5)10-8-9-19(3)14-24(29)15-20(4)11-12-23-17-25(33-7)16-22(6)27(23)31/h11,13-14,16-17,21,24,26,29-31H,8-10,12,15H2,1-7H3/b19-14+,20-11+. The van der Waals surface area contributed by atoms with Gasteiger partial charge in [-0.25, -0.2) is 0 Å². The van der Waals surface area contributed by atoms with E-state index in [0.29, 0.717) is 25.0 Å². The van der Waals surface area contributed by atoms with E-state index < -0.39 is 12.2 Å². The Bertz CT molecular complexity index is 875. The number of aliphatic hydroxyl groups is 2. The molecular weight excluding hydrogens is 416 g/mol. The number of phenolic OH excluding ortho intramolecular Hbond substituents is 1. The van der Waals surface area contributed by atoms with E-state index in [2.05, 4.69) is 0 Å². The second kappa shape index (κ2) is 14.0. The summed E-state index contributed by atoms with van der Waals surface area (Å²) in [6.45, 7) is 11.4. The van der Waals surface area contributed by atoms with Crippen molar-refractivity contribution in [2.45, 2.75) is 85.9 Å². The molecule has 0 aromatic heterocycles. The first-order chi connectivity index (χ1) is 15.4. The molecule has 0 radical (unpaired) electrons. The summed E-state index contributed by atoms with van der Waals surface area (Å²) in [5.74, 6) is 0.649. The van der Waals surface area contributed by atoms with Gasteiger partial charge in [-0.05, 0) is 84.4 Å². The average Bonchev–Trinajstić information content (AvgIpc) is 2.73. The Morgan fingerprint density at radius 3 is 2.36 bits per heavy atom. The molecule has 0 saturated heterocycles. The van der Waals surface area contributed by atoms with Gasteiger partial charge >= 0.3 is 0 Å². The molecular formula is C28H42O5. The smallest absolute Gasteiger partial charge is 0.167 e. The molecule has 0 aliphatic carbocycles. The highest BCUT2D eigenvalue weighted by Gasteiger charge is 2.19. The molecule has 5 nitrogen and oxygen atoms in total. The van der Waals surface area contributed by atoms with Gasteiger partial charge in [0.15, 0.2) is 5.78 Å². The minimum atomic E-state index is -1.03. The van der Waals surface area contributed by atoms with Gasteiger partial charge in [0.2, 0.25) is 0 Å². The van der Waals surface area contributed by atoms with Crippen LogP contribution in [0.2, 0.25) is 0 Å². The first kappa shape index (κ1) is 28.7. The van der Waals surface area contributed by atoms with Gasteiger partial charge in [0.1, 0.15) is 17.6 Å². The number of phenols is 1. The Morgan fingerprint density at radius 1 is 1.09 bits per heavy atom. The summed E-state index contributed by atoms with van der Waals surface area (Å²) in [5, 5.41) is 30.7. The van der Waals surface area contributed by atoms with Gasteiger partial charge in [0.05, 0.1) is 13.2 Å². The van der Waals surface area contributed by atoms with E-state index in [0.717, 1.165) is 40.7 Å². The van der Waals surface area contributed by atoms with Crippen LogP contribution in [0.3, 0.4) is 0 Å². The van der Waals surface area contributed by atoms with Crippen LogP contribution in [0.1, 0.15) is 71.4 Å². The Labute approximate surface area is 199 Å². The zero-order valence-electron chi connectivity index (χ0n) is 21.3. The zero-order chi connectivity index (χ0) is 25.1. The van der Waals surface area contributed by atoms with Crippen molar-refractivity contribution in [2.24, 2.45) is 5.92 Å². The van der Waals surface area contributed by atoms with Crippen LogP contribution in [0.25, 0.3) is 0 Å². The molecule has 0 spiro atoms. The summed E-state index contributed by atoms with van der Waals surface area (Å²) < 4.78 is 5.28. The van der Waals surface area contributed by atoms with Crippen molar-refractivity contribution in [3.05, 3.63) is 58.2 Å². The van der Waals surface area contributed by atoms with Crippen LogP contribution in [0.15, 0.2) is 47.1 Å². The lowest BCUT2D eigenvalue weighted by molar-refractivity contribution is -0.128. The number of rotatable bonds is 13. The molecule has 33 heavy (non-hydrogen) atoms. The number of aromatic hydroxyl groups is 1. The molecule has 1 aromatic rings. The monoisotopic (exact) mass is 458 g/mol. The van der Waals surface area contributed by atoms with E-state index in [-0.39, 0.29) is 17.5 Å². The maximum atomic E-state index is 12.2. The van der Waals surface area contributed by atoms with Crippen LogP contribution in [0.5, 0.6) is 11.5 Å². The number of carbonyl (C=O) groups excluding carboxylic acids is 1. The minimum absolute atomic E-state index is 0.143. The van der Waals surface area contributed by atoms with E-state index in [9.17, 15) is 20.1 Å². The van der Waals surface area contributed by atoms with Crippen molar-refractivity contribution < 1.29 is 24.9 Å². The summed E-state index contributed by atoms with van der Waals surface area (Å²) in [6.07, 6.45) is 7.28. The average molecular weight is 459 g/mol. The highest BCUT2D eigenvalue weighted by Crippen LogP contribution is 2.28. The Morgan fingerprint density at radius 2 is 1.76 bits per heavy atom. The molecule has 0 amide bonds. The molecule has 1 rings (SSSR count). The van der Waals surface area contributed by atoms with E-state index in [1.807, 2.05) is 59.8 Å². The largest absolute Gasteiger partial charge is 0.507 e. The first-order valence-corrected chi connectivity index (χ1v) is 11.7. The summed E-state index contributed by atoms with van der Waals surface area (Å²) in [7, 11) is 1.61. The van der Waals surface area contributed by atoms with Gasteiger partial charge in [-0.15, -0.1) is 0 Å². The molecule has 3 N–H and O–H groups in total. The minimum Gasteiger partial charge on any atom is -0.507 e. The molecule has 0 fully saturated rings. The molecule has 3 atom stereocenters. The predicted octanol–water partition coefficient (Wildman–Crippen LogP) is 5.60. The lowest BCUT2D eigenvalue weighted by Crippen LogP contribution is -2.25. The Balaban J connectivity index is 2.55. The van der Waals surface area contributed by atoms with Crippen LogP contribution in [0, 0.1) is 12.8 Å². The number of carbonyl (C=O) groups is 1. The van der Waals surface area contributed by atoms with Crippen LogP contribution < -0.4 is 4.74 Å². The Hall–Kier alpha value is -2.37. The van der Waals surface area contributed by atoms with Crippen LogP contribution in [0.4, 0.5) is 0 Å². The van der Waals surface area contributed by atoms with Crippen molar-refractivity contribution >= 4 is 5.78 Å². The normalized spacial score (nSPS) is 15.1. The second-order valence-corrected chi connectivity index (χ2v) is 9.38. The van der Waals surface area contributed by atoms with Gasteiger partial charge in [-0.1, -0.05) is 41.9 Å². The van der Waals surface area contributed by atoms with Crippen molar-refractivity contribution in [1.29, 1.82) is 0 Å². The van der Waals surface area contributed by atoms with E-state index in [4.69, 9.17) is 4.74 Å². The number of hydrogen-bond acceptors (Lipinski definition) is 5. The third kappa shape index (κ3) is 10.4. The molecule has 0 aliphatic rings. The van der Waals surface area contributed by atoms with Crippen LogP contribution in [-0.4, -0.2) is 40.4 Å². The van der Waals surface area contributed by atoms with Gasteiger partial charge in [0, 0.05) is 11.5 Å². The van der Waals surface area contributed by atoms with E-state index >= 15 is 0 Å². The lowest BCUT2D eigenvalue weighted by Gasteiger charge is -2.14. The van der Waals surface area contributed by atoms with Gasteiger partial charge in [-0.2, -0.15) is 0 Å². The fraction of sp³-hybridized carbons (Fsp3) is 0.536. The fourth-order valence-corrected chi connectivity index (χ4v) is 3.78. The van der Waals surface area contributed by atoms with Gasteiger partial charge < -0.3 is 20.1 Å². The molecule has 0 aliphatic heterocycles. The number of ketones is 1. The van der Waals surface area contributed by atoms with Crippen molar-refractivity contribution in [2.75, 3.05) is 7.11 Å². The Kier molecular flexibility index (Phi) is 12.2. The number of Topliss-reactive ketones (excluding diaryl/α,β-unsaturated/α-hetero) is 1. The van der Waals surface area contributed by atoms with E-state index in [1.54, 1.807) is 19.3 Å². The molecule has 3 unspecified atom stereocenters. The number of benzene rings is 1. The number of hydrogen-bond donors (Lipinski definition) is 3. The maximum absolute atomic E-state index is 12.2. The topological polar surface area (TPSA) is 87.0 Å². The van der Waals surface area contributed by atoms with Crippen LogP contribution in [-0.2, 0) is 11.2 Å². The second-order valence-electron chi connectivity index (χ2n) is 9.38. The highest BCUT2D eigenvalue weighted by atomic mass is 16.5. The number of methoxy groups -OCH3 is 1.